The number of aromatic nitrogens is 2. The van der Waals surface area contributed by atoms with Gasteiger partial charge in [0.1, 0.15) is 0 Å². The first-order chi connectivity index (χ1) is 15.4. The maximum absolute atomic E-state index is 13.0. The van der Waals surface area contributed by atoms with Crippen LogP contribution in [0.4, 0.5) is 13.2 Å². The highest BCUT2D eigenvalue weighted by molar-refractivity contribution is 5.94. The Labute approximate surface area is 191 Å². The molecular formula is C23H31F3N4O3. The molecule has 1 aliphatic heterocycles. The van der Waals surface area contributed by atoms with E-state index < -0.39 is 12.1 Å². The van der Waals surface area contributed by atoms with Crippen molar-refractivity contribution >= 4 is 11.9 Å². The predicted molar refractivity (Wildman–Crippen MR) is 118 cm³/mol. The lowest BCUT2D eigenvalue weighted by molar-refractivity contribution is -0.192. The molecule has 0 unspecified atom stereocenters. The predicted octanol–water partition coefficient (Wildman–Crippen LogP) is 3.97. The zero-order valence-corrected chi connectivity index (χ0v) is 19.4. The first-order valence-corrected chi connectivity index (χ1v) is 10.9. The fraction of sp³-hybridized carbons (Fsp3) is 0.522. The smallest absolute Gasteiger partial charge is 0.475 e. The Bertz CT molecular complexity index is 939. The molecule has 0 bridgehead atoms. The highest BCUT2D eigenvalue weighted by Gasteiger charge is 2.38. The average molecular weight is 469 g/mol. The van der Waals surface area contributed by atoms with Crippen molar-refractivity contribution < 1.29 is 27.9 Å². The van der Waals surface area contributed by atoms with E-state index in [2.05, 4.69) is 54.4 Å². The summed E-state index contributed by atoms with van der Waals surface area (Å²) in [7, 11) is 2.12. The number of aryl methyl sites for hydroxylation is 2. The standard InChI is InChI=1S/C21H30N4O.C2HF3O2/c1-5-17-7-9-18(10-8-17)21(26)24-11-6-12-25-15-22-19(20(25)14-24)13-23(4)16(2)3;3-2(4,5)1(6)7/h7-10,15-16H,5-6,11-14H2,1-4H3;(H,6,7). The number of hydrogen-bond acceptors (Lipinski definition) is 4. The molecule has 0 saturated carbocycles. The topological polar surface area (TPSA) is 78.7 Å². The van der Waals surface area contributed by atoms with Crippen LogP contribution >= 0.6 is 0 Å². The van der Waals surface area contributed by atoms with E-state index in [1.165, 1.54) is 11.3 Å². The van der Waals surface area contributed by atoms with Gasteiger partial charge >= 0.3 is 12.1 Å². The molecule has 0 atom stereocenters. The number of carboxylic acid groups (broad SMARTS) is 1. The highest BCUT2D eigenvalue weighted by atomic mass is 19.4. The Morgan fingerprint density at radius 1 is 1.18 bits per heavy atom. The fourth-order valence-corrected chi connectivity index (χ4v) is 3.31. The lowest BCUT2D eigenvalue weighted by Gasteiger charge is -2.23. The monoisotopic (exact) mass is 468 g/mol. The van der Waals surface area contributed by atoms with Crippen LogP contribution in [0.1, 0.15) is 54.5 Å². The molecule has 0 aliphatic carbocycles. The second-order valence-corrected chi connectivity index (χ2v) is 8.27. The summed E-state index contributed by atoms with van der Waals surface area (Å²) < 4.78 is 34.0. The summed E-state index contributed by atoms with van der Waals surface area (Å²) >= 11 is 0. The molecule has 3 rings (SSSR count). The van der Waals surface area contributed by atoms with E-state index in [0.717, 1.165) is 43.7 Å². The molecule has 2 aromatic rings. The molecule has 1 amide bonds. The summed E-state index contributed by atoms with van der Waals surface area (Å²) in [6.07, 6.45) is -1.20. The van der Waals surface area contributed by atoms with E-state index in [1.54, 1.807) is 0 Å². The first-order valence-electron chi connectivity index (χ1n) is 10.9. The number of carbonyl (C=O) groups is 2. The van der Waals surface area contributed by atoms with Crippen molar-refractivity contribution in [1.29, 1.82) is 0 Å². The number of imidazole rings is 1. The molecule has 182 valence electrons. The van der Waals surface area contributed by atoms with E-state index in [0.29, 0.717) is 12.6 Å². The largest absolute Gasteiger partial charge is 0.490 e. The Balaban J connectivity index is 0.000000479. The van der Waals surface area contributed by atoms with Crippen LogP contribution in [0.25, 0.3) is 0 Å². The Kier molecular flexibility index (Phi) is 9.04. The molecular weight excluding hydrogens is 437 g/mol. The van der Waals surface area contributed by atoms with Crippen LogP contribution in [-0.4, -0.2) is 62.1 Å². The van der Waals surface area contributed by atoms with E-state index in [9.17, 15) is 18.0 Å². The second-order valence-electron chi connectivity index (χ2n) is 8.27. The zero-order valence-electron chi connectivity index (χ0n) is 19.4. The van der Waals surface area contributed by atoms with Crippen LogP contribution in [0.5, 0.6) is 0 Å². The van der Waals surface area contributed by atoms with Gasteiger partial charge in [0.2, 0.25) is 0 Å². The van der Waals surface area contributed by atoms with Gasteiger partial charge in [-0.15, -0.1) is 0 Å². The van der Waals surface area contributed by atoms with Crippen LogP contribution < -0.4 is 0 Å². The maximum atomic E-state index is 13.0. The van der Waals surface area contributed by atoms with Gasteiger partial charge in [-0.2, -0.15) is 13.2 Å². The van der Waals surface area contributed by atoms with Crippen molar-refractivity contribution in [3.8, 4) is 0 Å². The molecule has 33 heavy (non-hydrogen) atoms. The number of rotatable bonds is 5. The second kappa shape index (κ2) is 11.3. The number of amides is 1. The third-order valence-corrected chi connectivity index (χ3v) is 5.62. The van der Waals surface area contributed by atoms with Crippen molar-refractivity contribution in [3.63, 3.8) is 0 Å². The summed E-state index contributed by atoms with van der Waals surface area (Å²) in [5, 5.41) is 7.12. The lowest BCUT2D eigenvalue weighted by Crippen LogP contribution is -2.32. The summed E-state index contributed by atoms with van der Waals surface area (Å²) in [6.45, 7) is 9.65. The van der Waals surface area contributed by atoms with E-state index in [4.69, 9.17) is 9.90 Å². The van der Waals surface area contributed by atoms with Crippen LogP contribution in [0, 0.1) is 0 Å². The van der Waals surface area contributed by atoms with Crippen LogP contribution in [-0.2, 0) is 30.8 Å². The molecule has 2 heterocycles. The van der Waals surface area contributed by atoms with Gasteiger partial charge in [0.05, 0.1) is 24.3 Å². The van der Waals surface area contributed by atoms with Crippen molar-refractivity contribution in [2.75, 3.05) is 13.6 Å². The third kappa shape index (κ3) is 7.31. The van der Waals surface area contributed by atoms with Gasteiger partial charge < -0.3 is 14.6 Å². The minimum atomic E-state index is -5.08. The van der Waals surface area contributed by atoms with Crippen molar-refractivity contribution in [2.24, 2.45) is 0 Å². The molecule has 10 heteroatoms. The van der Waals surface area contributed by atoms with Crippen molar-refractivity contribution in [1.82, 2.24) is 19.4 Å². The molecule has 0 radical (unpaired) electrons. The van der Waals surface area contributed by atoms with Gasteiger partial charge in [0, 0.05) is 31.2 Å². The number of nitrogens with zero attached hydrogens (tertiary/aromatic N) is 4. The maximum Gasteiger partial charge on any atom is 0.490 e. The fourth-order valence-electron chi connectivity index (χ4n) is 3.31. The number of aliphatic carboxylic acids is 1. The number of halogens is 3. The molecule has 1 aromatic heterocycles. The minimum Gasteiger partial charge on any atom is -0.475 e. The van der Waals surface area contributed by atoms with E-state index in [1.807, 2.05) is 23.4 Å². The van der Waals surface area contributed by atoms with Gasteiger partial charge in [-0.25, -0.2) is 9.78 Å². The van der Waals surface area contributed by atoms with E-state index >= 15 is 0 Å². The summed E-state index contributed by atoms with van der Waals surface area (Å²) in [6, 6.07) is 8.48. The Morgan fingerprint density at radius 3 is 2.30 bits per heavy atom. The van der Waals surface area contributed by atoms with E-state index in [-0.39, 0.29) is 5.91 Å². The number of carbonyl (C=O) groups excluding carboxylic acids is 1. The lowest BCUT2D eigenvalue weighted by atomic mass is 10.1. The number of benzene rings is 1. The highest BCUT2D eigenvalue weighted by Crippen LogP contribution is 2.20. The van der Waals surface area contributed by atoms with Crippen LogP contribution in [0.2, 0.25) is 0 Å². The van der Waals surface area contributed by atoms with Gasteiger partial charge in [-0.3, -0.25) is 9.69 Å². The minimum absolute atomic E-state index is 0.116. The van der Waals surface area contributed by atoms with Gasteiger partial charge in [-0.05, 0) is 51.4 Å². The number of alkyl halides is 3. The van der Waals surface area contributed by atoms with Gasteiger partial charge in [-0.1, -0.05) is 19.1 Å². The number of carboxylic acids is 1. The molecule has 1 aliphatic rings. The molecule has 1 N–H and O–H groups in total. The quantitative estimate of drug-likeness (QED) is 0.719. The SMILES string of the molecule is CCc1ccc(C(=O)N2CCCn3cnc(CN(C)C(C)C)c3C2)cc1.O=C(O)C(F)(F)F. The molecule has 0 saturated heterocycles. The zero-order chi connectivity index (χ0) is 24.8. The van der Waals surface area contributed by atoms with Crippen molar-refractivity contribution in [2.45, 2.75) is 65.5 Å². The Hall–Kier alpha value is -2.88. The Morgan fingerprint density at radius 2 is 1.79 bits per heavy atom. The summed E-state index contributed by atoms with van der Waals surface area (Å²) in [4.78, 5) is 30.8. The summed E-state index contributed by atoms with van der Waals surface area (Å²) in [5.41, 5.74) is 4.29. The molecule has 0 fully saturated rings. The average Bonchev–Trinajstić information content (AvgIpc) is 3.00. The molecule has 0 spiro atoms. The third-order valence-electron chi connectivity index (χ3n) is 5.62. The number of fused-ring (bicyclic) bond motifs is 1. The number of hydrogen-bond donors (Lipinski definition) is 1. The van der Waals surface area contributed by atoms with Crippen molar-refractivity contribution in [3.05, 3.63) is 53.1 Å². The normalized spacial score (nSPS) is 13.9. The van der Waals surface area contributed by atoms with Crippen LogP contribution in [0.15, 0.2) is 30.6 Å². The van der Waals surface area contributed by atoms with Gasteiger partial charge in [0.15, 0.2) is 0 Å². The summed E-state index contributed by atoms with van der Waals surface area (Å²) in [5.74, 6) is -2.64. The van der Waals surface area contributed by atoms with Crippen LogP contribution in [0.3, 0.4) is 0 Å². The first kappa shape index (κ1) is 26.4. The molecule has 1 aromatic carbocycles. The molecule has 7 nitrogen and oxygen atoms in total. The van der Waals surface area contributed by atoms with Gasteiger partial charge in [0.25, 0.3) is 5.91 Å².